The molecule has 0 atom stereocenters. The number of ketones is 1. The minimum Gasteiger partial charge on any atom is -0.454 e. The fraction of sp³-hybridized carbons (Fsp3) is 0.0526. The van der Waals surface area contributed by atoms with Gasteiger partial charge in [0, 0.05) is 23.6 Å². The van der Waals surface area contributed by atoms with Gasteiger partial charge in [-0.3, -0.25) is 4.79 Å². The van der Waals surface area contributed by atoms with Crippen LogP contribution >= 0.6 is 0 Å². The van der Waals surface area contributed by atoms with Gasteiger partial charge in [-0.15, -0.1) is 0 Å². The first kappa shape index (κ1) is 16.6. The molecule has 25 heavy (non-hydrogen) atoms. The number of Topliss-reactive ketones (excluding diaryl/α,β-unsaturated/α-hetero) is 1. The van der Waals surface area contributed by atoms with Gasteiger partial charge in [-0.05, 0) is 54.6 Å². The number of esters is 1. The van der Waals surface area contributed by atoms with E-state index < -0.39 is 30.0 Å². The van der Waals surface area contributed by atoms with Crippen LogP contribution in [0, 0.1) is 11.6 Å². The zero-order valence-electron chi connectivity index (χ0n) is 13.0. The second-order valence-electron chi connectivity index (χ2n) is 5.27. The predicted octanol–water partition coefficient (Wildman–Crippen LogP) is 3.80. The Morgan fingerprint density at radius 2 is 1.52 bits per heavy atom. The Morgan fingerprint density at radius 3 is 2.16 bits per heavy atom. The number of halogens is 2. The first-order chi connectivity index (χ1) is 12.0. The molecule has 3 aromatic rings. The van der Waals surface area contributed by atoms with Gasteiger partial charge in [-0.25, -0.2) is 13.6 Å². The summed E-state index contributed by atoms with van der Waals surface area (Å²) in [5.41, 5.74) is 1.10. The molecule has 0 unspecified atom stereocenters. The van der Waals surface area contributed by atoms with E-state index in [-0.39, 0.29) is 11.1 Å². The number of rotatable bonds is 5. The summed E-state index contributed by atoms with van der Waals surface area (Å²) in [7, 11) is 0. The fourth-order valence-corrected chi connectivity index (χ4v) is 2.24. The number of aromatic nitrogens is 1. The van der Waals surface area contributed by atoms with Crippen LogP contribution in [-0.2, 0) is 4.74 Å². The van der Waals surface area contributed by atoms with Crippen molar-refractivity contribution in [2.24, 2.45) is 0 Å². The number of carbonyl (C=O) groups excluding carboxylic acids is 2. The Morgan fingerprint density at radius 1 is 0.880 bits per heavy atom. The smallest absolute Gasteiger partial charge is 0.338 e. The zero-order valence-corrected chi connectivity index (χ0v) is 13.0. The van der Waals surface area contributed by atoms with Crippen LogP contribution in [0.15, 0.2) is 67.0 Å². The van der Waals surface area contributed by atoms with Crippen LogP contribution in [0.1, 0.15) is 20.7 Å². The van der Waals surface area contributed by atoms with Crippen molar-refractivity contribution in [2.45, 2.75) is 0 Å². The van der Waals surface area contributed by atoms with Crippen molar-refractivity contribution in [3.8, 4) is 5.69 Å². The molecule has 1 aromatic heterocycles. The van der Waals surface area contributed by atoms with E-state index >= 15 is 0 Å². The molecule has 1 heterocycles. The summed E-state index contributed by atoms with van der Waals surface area (Å²) >= 11 is 0. The largest absolute Gasteiger partial charge is 0.454 e. The van der Waals surface area contributed by atoms with E-state index in [9.17, 15) is 18.4 Å². The average Bonchev–Trinajstić information content (AvgIpc) is 3.16. The Labute approximate surface area is 142 Å². The monoisotopic (exact) mass is 341 g/mol. The molecule has 0 aliphatic carbocycles. The molecule has 0 amide bonds. The molecule has 4 nitrogen and oxygen atoms in total. The lowest BCUT2D eigenvalue weighted by Crippen LogP contribution is -2.14. The highest BCUT2D eigenvalue weighted by atomic mass is 19.2. The number of nitrogens with zero attached hydrogens (tertiary/aromatic N) is 1. The fourth-order valence-electron chi connectivity index (χ4n) is 2.24. The Balaban J connectivity index is 1.62. The van der Waals surface area contributed by atoms with Gasteiger partial charge in [0.15, 0.2) is 24.0 Å². The van der Waals surface area contributed by atoms with E-state index in [1.54, 1.807) is 24.3 Å². The van der Waals surface area contributed by atoms with E-state index in [2.05, 4.69) is 0 Å². The van der Waals surface area contributed by atoms with Crippen molar-refractivity contribution in [3.63, 3.8) is 0 Å². The van der Waals surface area contributed by atoms with E-state index in [1.165, 1.54) is 0 Å². The summed E-state index contributed by atoms with van der Waals surface area (Å²) in [5, 5.41) is 0. The van der Waals surface area contributed by atoms with Crippen molar-refractivity contribution in [1.82, 2.24) is 4.57 Å². The van der Waals surface area contributed by atoms with Crippen LogP contribution in [0.5, 0.6) is 0 Å². The van der Waals surface area contributed by atoms with Crippen molar-refractivity contribution in [1.29, 1.82) is 0 Å². The maximum Gasteiger partial charge on any atom is 0.338 e. The summed E-state index contributed by atoms with van der Waals surface area (Å²) in [6.07, 6.45) is 3.74. The normalized spacial score (nSPS) is 10.5. The van der Waals surface area contributed by atoms with Crippen LogP contribution in [0.3, 0.4) is 0 Å². The molecule has 0 N–H and O–H groups in total. The maximum absolute atomic E-state index is 13.1. The summed E-state index contributed by atoms with van der Waals surface area (Å²) < 4.78 is 32.8. The highest BCUT2D eigenvalue weighted by Gasteiger charge is 2.14. The number of hydrogen-bond acceptors (Lipinski definition) is 3. The van der Waals surface area contributed by atoms with Gasteiger partial charge in [0.05, 0.1) is 5.56 Å². The Hall–Kier alpha value is -3.28. The molecule has 0 radical (unpaired) electrons. The molecule has 0 aliphatic rings. The van der Waals surface area contributed by atoms with Gasteiger partial charge in [0.2, 0.25) is 0 Å². The standard InChI is InChI=1S/C19H13F2NO3/c20-16-8-5-14(11-17(16)21)18(23)12-25-19(24)13-3-6-15(7-4-13)22-9-1-2-10-22/h1-11H,12H2. The molecule has 0 fully saturated rings. The van der Waals surface area contributed by atoms with Crippen molar-refractivity contribution >= 4 is 11.8 Å². The molecule has 0 saturated carbocycles. The molecule has 0 saturated heterocycles. The maximum atomic E-state index is 13.1. The van der Waals surface area contributed by atoms with Crippen LogP contribution in [0.25, 0.3) is 5.69 Å². The highest BCUT2D eigenvalue weighted by Crippen LogP contribution is 2.12. The molecule has 0 bridgehead atoms. The molecule has 126 valence electrons. The number of benzene rings is 2. The van der Waals surface area contributed by atoms with Gasteiger partial charge in [-0.2, -0.15) is 0 Å². The van der Waals surface area contributed by atoms with Gasteiger partial charge < -0.3 is 9.30 Å². The lowest BCUT2D eigenvalue weighted by Gasteiger charge is -2.06. The Kier molecular flexibility index (Phi) is 4.70. The van der Waals surface area contributed by atoms with E-state index in [4.69, 9.17) is 4.74 Å². The van der Waals surface area contributed by atoms with E-state index in [1.807, 2.05) is 29.1 Å². The third kappa shape index (κ3) is 3.80. The molecule has 2 aromatic carbocycles. The molecule has 3 rings (SSSR count). The molecule has 0 aliphatic heterocycles. The lowest BCUT2D eigenvalue weighted by molar-refractivity contribution is 0.0474. The second-order valence-corrected chi connectivity index (χ2v) is 5.27. The topological polar surface area (TPSA) is 48.3 Å². The van der Waals surface area contributed by atoms with Gasteiger partial charge in [-0.1, -0.05) is 0 Å². The first-order valence-electron chi connectivity index (χ1n) is 7.43. The van der Waals surface area contributed by atoms with Gasteiger partial charge in [0.1, 0.15) is 0 Å². The Bertz CT molecular complexity index is 903. The average molecular weight is 341 g/mol. The molecule has 6 heteroatoms. The van der Waals surface area contributed by atoms with Gasteiger partial charge in [0.25, 0.3) is 0 Å². The van der Waals surface area contributed by atoms with Crippen molar-refractivity contribution < 1.29 is 23.1 Å². The van der Waals surface area contributed by atoms with Crippen molar-refractivity contribution in [2.75, 3.05) is 6.61 Å². The van der Waals surface area contributed by atoms with Crippen molar-refractivity contribution in [3.05, 3.63) is 89.8 Å². The van der Waals surface area contributed by atoms with E-state index in [0.29, 0.717) is 0 Å². The van der Waals surface area contributed by atoms with Crippen LogP contribution in [-0.4, -0.2) is 22.9 Å². The van der Waals surface area contributed by atoms with Crippen LogP contribution in [0.4, 0.5) is 8.78 Å². The third-order valence-electron chi connectivity index (χ3n) is 3.58. The summed E-state index contributed by atoms with van der Waals surface area (Å²) in [4.78, 5) is 23.9. The quantitative estimate of drug-likeness (QED) is 0.524. The zero-order chi connectivity index (χ0) is 17.8. The minimum atomic E-state index is -1.13. The van der Waals surface area contributed by atoms with Crippen LogP contribution < -0.4 is 0 Å². The number of carbonyl (C=O) groups is 2. The van der Waals surface area contributed by atoms with Crippen LogP contribution in [0.2, 0.25) is 0 Å². The highest BCUT2D eigenvalue weighted by molar-refractivity contribution is 5.99. The lowest BCUT2D eigenvalue weighted by atomic mass is 10.1. The molecular formula is C19H13F2NO3. The molecule has 0 spiro atoms. The minimum absolute atomic E-state index is 0.0605. The summed E-state index contributed by atoms with van der Waals surface area (Å²) in [6, 6.07) is 13.2. The SMILES string of the molecule is O=C(COC(=O)c1ccc(-n2cccc2)cc1)c1ccc(F)c(F)c1. The third-order valence-corrected chi connectivity index (χ3v) is 3.58. The van der Waals surface area contributed by atoms with Gasteiger partial charge >= 0.3 is 5.97 Å². The second kappa shape index (κ2) is 7.09. The summed E-state index contributed by atoms with van der Waals surface area (Å²) in [5.74, 6) is -3.46. The molecular weight excluding hydrogens is 328 g/mol. The predicted molar refractivity (Wildman–Crippen MR) is 86.7 cm³/mol. The summed E-state index contributed by atoms with van der Waals surface area (Å²) in [6.45, 7) is -0.552. The van der Waals surface area contributed by atoms with E-state index in [0.717, 1.165) is 23.9 Å². The number of ether oxygens (including phenoxy) is 1. The number of hydrogen-bond donors (Lipinski definition) is 0. The first-order valence-corrected chi connectivity index (χ1v) is 7.43.